The number of thiazole rings is 1. The summed E-state index contributed by atoms with van der Waals surface area (Å²) in [6.45, 7) is 4.20. The van der Waals surface area contributed by atoms with E-state index >= 15 is 0 Å². The Labute approximate surface area is 259 Å². The lowest BCUT2D eigenvalue weighted by Crippen LogP contribution is -2.17. The summed E-state index contributed by atoms with van der Waals surface area (Å²) in [7, 11) is 0. The van der Waals surface area contributed by atoms with Gasteiger partial charge in [0.1, 0.15) is 11.3 Å². The third kappa shape index (κ3) is 6.46. The van der Waals surface area contributed by atoms with E-state index in [1.54, 1.807) is 22.1 Å². The number of nitrogen functional groups attached to an aromatic ring is 1. The highest BCUT2D eigenvalue weighted by atomic mass is 32.1. The number of oxazole rings is 1. The number of carbonyl (C=O) groups excluding carboxylic acids is 3. The van der Waals surface area contributed by atoms with E-state index < -0.39 is 17.7 Å². The van der Waals surface area contributed by atoms with Crippen molar-refractivity contribution in [1.82, 2.24) is 24.1 Å². The number of benzene rings is 1. The summed E-state index contributed by atoms with van der Waals surface area (Å²) < 4.78 is 15.4. The van der Waals surface area contributed by atoms with Gasteiger partial charge in [-0.1, -0.05) is 30.4 Å². The Hall–Kier alpha value is -5.35. The zero-order valence-electron chi connectivity index (χ0n) is 24.5. The van der Waals surface area contributed by atoms with Gasteiger partial charge in [-0.3, -0.25) is 19.0 Å². The molecule has 3 amide bonds. The Morgan fingerprint density at radius 2 is 1.82 bits per heavy atom. The first-order chi connectivity index (χ1) is 21.6. The Kier molecular flexibility index (Phi) is 9.06. The molecule has 0 unspecified atom stereocenters. The molecule has 0 aliphatic carbocycles. The normalized spacial score (nSPS) is 12.1. The number of hydrogen-bond acceptors (Lipinski definition) is 11. The molecule has 0 bridgehead atoms. The van der Waals surface area contributed by atoms with Gasteiger partial charge in [-0.05, 0) is 24.6 Å². The highest BCUT2D eigenvalue weighted by Crippen LogP contribution is 2.30. The first kappa shape index (κ1) is 31.1. The maximum absolute atomic E-state index is 13.2. The van der Waals surface area contributed by atoms with Crippen LogP contribution in [0.25, 0.3) is 21.4 Å². The number of fused-ring (bicyclic) bond motifs is 2. The molecule has 0 spiro atoms. The standard InChI is InChI=1S/C29H31N9O6S/c1-3-18-23(44-15(2)34-18)27(42)36-29-38(26-21(45-29)13-17(14-33-26)25(31)41)8-5-4-7-37-22-19(35-28(37)32)11-16(24(30)40)12-20(22)43-10-6-9-39/h4-5,11-14,39H,3,6-10H2,1-2H3,(H2,30,40)(H2,31,41)(H2,32,35)/b5-4+,36-29-. The van der Waals surface area contributed by atoms with Crippen LogP contribution in [0, 0.1) is 6.92 Å². The molecular formula is C29H31N9O6S. The van der Waals surface area contributed by atoms with Crippen LogP contribution in [0.1, 0.15) is 56.2 Å². The molecule has 0 saturated heterocycles. The van der Waals surface area contributed by atoms with E-state index in [9.17, 15) is 19.5 Å². The number of aliphatic hydroxyl groups is 1. The van der Waals surface area contributed by atoms with Gasteiger partial charge in [-0.25, -0.2) is 15.0 Å². The average Bonchev–Trinajstić information content (AvgIpc) is 3.66. The van der Waals surface area contributed by atoms with Gasteiger partial charge in [0, 0.05) is 44.8 Å². The van der Waals surface area contributed by atoms with Crippen molar-refractivity contribution in [2.75, 3.05) is 18.9 Å². The van der Waals surface area contributed by atoms with Crippen molar-refractivity contribution in [3.05, 3.63) is 69.8 Å². The summed E-state index contributed by atoms with van der Waals surface area (Å²) in [6, 6.07) is 4.66. The second kappa shape index (κ2) is 13.1. The first-order valence-corrected chi connectivity index (χ1v) is 14.8. The van der Waals surface area contributed by atoms with Gasteiger partial charge in [0.2, 0.25) is 23.5 Å². The van der Waals surface area contributed by atoms with Crippen molar-refractivity contribution < 1.29 is 28.6 Å². The number of amides is 3. The molecule has 7 N–H and O–H groups in total. The minimum absolute atomic E-state index is 0.0614. The van der Waals surface area contributed by atoms with Crippen molar-refractivity contribution in [2.45, 2.75) is 39.8 Å². The summed E-state index contributed by atoms with van der Waals surface area (Å²) >= 11 is 1.18. The zero-order valence-corrected chi connectivity index (χ0v) is 25.3. The highest BCUT2D eigenvalue weighted by molar-refractivity contribution is 7.16. The second-order valence-corrected chi connectivity index (χ2v) is 10.9. The van der Waals surface area contributed by atoms with E-state index in [0.29, 0.717) is 56.4 Å². The van der Waals surface area contributed by atoms with Gasteiger partial charge in [-0.15, -0.1) is 0 Å². The van der Waals surface area contributed by atoms with Gasteiger partial charge >= 0.3 is 5.91 Å². The van der Waals surface area contributed by atoms with Gasteiger partial charge in [0.15, 0.2) is 16.3 Å². The van der Waals surface area contributed by atoms with Gasteiger partial charge < -0.3 is 36.0 Å². The maximum Gasteiger partial charge on any atom is 0.317 e. The number of pyridine rings is 1. The summed E-state index contributed by atoms with van der Waals surface area (Å²) in [6.07, 6.45) is 5.93. The third-order valence-electron chi connectivity index (χ3n) is 6.76. The molecule has 0 radical (unpaired) electrons. The molecule has 0 fully saturated rings. The molecule has 5 rings (SSSR count). The number of ether oxygens (including phenoxy) is 1. The second-order valence-electron chi connectivity index (χ2n) is 9.87. The lowest BCUT2D eigenvalue weighted by molar-refractivity contribution is 0.0966. The van der Waals surface area contributed by atoms with E-state index in [1.807, 2.05) is 19.1 Å². The molecular weight excluding hydrogens is 602 g/mol. The molecule has 234 valence electrons. The van der Waals surface area contributed by atoms with Crippen LogP contribution in [-0.4, -0.2) is 60.1 Å². The van der Waals surface area contributed by atoms with Crippen molar-refractivity contribution in [3.8, 4) is 5.75 Å². The number of anilines is 1. The molecule has 16 heteroatoms. The van der Waals surface area contributed by atoms with Crippen LogP contribution in [0.5, 0.6) is 5.75 Å². The van der Waals surface area contributed by atoms with Gasteiger partial charge in [0.25, 0.3) is 0 Å². The number of primary amides is 2. The minimum Gasteiger partial charge on any atom is -0.491 e. The molecule has 4 heterocycles. The number of carbonyl (C=O) groups is 3. The number of rotatable bonds is 12. The van der Waals surface area contributed by atoms with E-state index in [2.05, 4.69) is 19.9 Å². The molecule has 0 aliphatic heterocycles. The number of aromatic nitrogens is 5. The van der Waals surface area contributed by atoms with Crippen LogP contribution < -0.4 is 26.7 Å². The summed E-state index contributed by atoms with van der Waals surface area (Å²) in [5, 5.41) is 9.17. The van der Waals surface area contributed by atoms with E-state index in [1.165, 1.54) is 29.7 Å². The average molecular weight is 634 g/mol. The molecule has 45 heavy (non-hydrogen) atoms. The van der Waals surface area contributed by atoms with Crippen molar-refractivity contribution >= 4 is 56.4 Å². The van der Waals surface area contributed by atoms with Crippen LogP contribution in [0.4, 0.5) is 5.95 Å². The molecule has 5 aromatic rings. The molecule has 0 saturated carbocycles. The van der Waals surface area contributed by atoms with Crippen LogP contribution in [0.3, 0.4) is 0 Å². The monoisotopic (exact) mass is 633 g/mol. The number of hydrogen-bond donors (Lipinski definition) is 4. The third-order valence-corrected chi connectivity index (χ3v) is 7.77. The quantitative estimate of drug-likeness (QED) is 0.115. The SMILES string of the molecule is CCc1nc(C)oc1C(=O)/N=c1\sc2cc(C(N)=O)cnc2n1C/C=C/Cn1c(N)nc2cc(C(N)=O)cc(OCCCO)c21. The fraction of sp³-hybridized carbons (Fsp3) is 0.276. The van der Waals surface area contributed by atoms with Crippen molar-refractivity contribution in [2.24, 2.45) is 16.5 Å². The lowest BCUT2D eigenvalue weighted by Gasteiger charge is -2.11. The fourth-order valence-electron chi connectivity index (χ4n) is 4.65. The smallest absolute Gasteiger partial charge is 0.317 e. The number of nitrogens with two attached hydrogens (primary N) is 3. The minimum atomic E-state index is -0.641. The molecule has 15 nitrogen and oxygen atoms in total. The van der Waals surface area contributed by atoms with E-state index in [4.69, 9.17) is 26.4 Å². The zero-order chi connectivity index (χ0) is 32.2. The number of aryl methyl sites for hydroxylation is 2. The van der Waals surface area contributed by atoms with Crippen LogP contribution in [-0.2, 0) is 19.5 Å². The van der Waals surface area contributed by atoms with Crippen LogP contribution in [0.15, 0.2) is 46.0 Å². The summed E-state index contributed by atoms with van der Waals surface area (Å²) in [5.74, 6) is -0.882. The maximum atomic E-state index is 13.2. The van der Waals surface area contributed by atoms with Crippen molar-refractivity contribution in [3.63, 3.8) is 0 Å². The number of nitrogens with zero attached hydrogens (tertiary/aromatic N) is 6. The number of imidazole rings is 1. The number of allylic oxidation sites excluding steroid dienone is 2. The Balaban J connectivity index is 1.50. The molecule has 4 aromatic heterocycles. The largest absolute Gasteiger partial charge is 0.491 e. The van der Waals surface area contributed by atoms with Gasteiger partial charge in [-0.2, -0.15) is 4.99 Å². The number of aliphatic hydroxyl groups excluding tert-OH is 1. The molecule has 0 aliphatic rings. The molecule has 1 aromatic carbocycles. The van der Waals surface area contributed by atoms with Crippen molar-refractivity contribution in [1.29, 1.82) is 0 Å². The predicted molar refractivity (Wildman–Crippen MR) is 166 cm³/mol. The van der Waals surface area contributed by atoms with E-state index in [-0.39, 0.29) is 49.1 Å². The predicted octanol–water partition coefficient (Wildman–Crippen LogP) is 1.85. The van der Waals surface area contributed by atoms with E-state index in [0.717, 1.165) is 0 Å². The highest BCUT2D eigenvalue weighted by Gasteiger charge is 2.19. The molecule has 0 atom stereocenters. The van der Waals surface area contributed by atoms with Gasteiger partial charge in [0.05, 0.1) is 28.1 Å². The summed E-state index contributed by atoms with van der Waals surface area (Å²) in [5.41, 5.74) is 19.6. The lowest BCUT2D eigenvalue weighted by atomic mass is 10.1. The fourth-order valence-corrected chi connectivity index (χ4v) is 5.68. The Morgan fingerprint density at radius 3 is 2.51 bits per heavy atom. The Morgan fingerprint density at radius 1 is 1.09 bits per heavy atom. The Bertz CT molecular complexity index is 2030. The topological polar surface area (TPSA) is 233 Å². The first-order valence-electron chi connectivity index (χ1n) is 13.9. The van der Waals surface area contributed by atoms with Crippen LogP contribution >= 0.6 is 11.3 Å². The van der Waals surface area contributed by atoms with Crippen LogP contribution in [0.2, 0.25) is 0 Å². The summed E-state index contributed by atoms with van der Waals surface area (Å²) in [4.78, 5) is 54.5.